The number of furan rings is 1. The van der Waals surface area contributed by atoms with Crippen molar-refractivity contribution in [2.24, 2.45) is 0 Å². The Morgan fingerprint density at radius 1 is 1.00 bits per heavy atom. The molecule has 106 valence electrons. The summed E-state index contributed by atoms with van der Waals surface area (Å²) in [5.41, 5.74) is 0.783. The number of fused-ring (bicyclic) bond motifs is 1. The molecule has 1 aliphatic heterocycles. The van der Waals surface area contributed by atoms with Crippen LogP contribution in [-0.4, -0.2) is 25.4 Å². The molecule has 0 unspecified atom stereocenters. The Morgan fingerprint density at radius 2 is 1.65 bits per heavy atom. The molecule has 2 aromatic rings. The molecule has 1 aromatic heterocycles. The molecule has 0 atom stereocenters. The van der Waals surface area contributed by atoms with Gasteiger partial charge in [-0.25, -0.2) is 0 Å². The van der Waals surface area contributed by atoms with Crippen LogP contribution >= 0.6 is 0 Å². The summed E-state index contributed by atoms with van der Waals surface area (Å²) >= 11 is 0. The van der Waals surface area contributed by atoms with E-state index in [0.717, 1.165) is 16.4 Å². The summed E-state index contributed by atoms with van der Waals surface area (Å²) in [6, 6.07) is 5.80. The molecule has 4 nitrogen and oxygen atoms in total. The van der Waals surface area contributed by atoms with Crippen LogP contribution in [0.4, 0.5) is 0 Å². The highest BCUT2D eigenvalue weighted by molar-refractivity contribution is 6.66. The van der Waals surface area contributed by atoms with E-state index in [1.54, 1.807) is 13.4 Å². The van der Waals surface area contributed by atoms with Gasteiger partial charge in [-0.15, -0.1) is 0 Å². The molecular formula is C15H19BO4. The lowest BCUT2D eigenvalue weighted by Crippen LogP contribution is -2.41. The number of hydrogen-bond acceptors (Lipinski definition) is 4. The second-order valence-corrected chi connectivity index (χ2v) is 6.11. The minimum absolute atomic E-state index is 0.391. The van der Waals surface area contributed by atoms with Gasteiger partial charge < -0.3 is 18.5 Å². The smallest absolute Gasteiger partial charge is 0.497 e. The predicted molar refractivity (Wildman–Crippen MR) is 78.5 cm³/mol. The molecular weight excluding hydrogens is 255 g/mol. The van der Waals surface area contributed by atoms with Crippen LogP contribution in [0.3, 0.4) is 0 Å². The molecule has 5 heteroatoms. The summed E-state index contributed by atoms with van der Waals surface area (Å²) in [5.74, 6) is 0.714. The maximum Gasteiger partial charge on any atom is 0.502 e. The first-order valence-electron chi connectivity index (χ1n) is 6.75. The topological polar surface area (TPSA) is 40.8 Å². The lowest BCUT2D eigenvalue weighted by atomic mass is 9.77. The van der Waals surface area contributed by atoms with Crippen molar-refractivity contribution in [2.45, 2.75) is 38.9 Å². The number of benzene rings is 1. The van der Waals surface area contributed by atoms with Gasteiger partial charge in [0.05, 0.1) is 30.0 Å². The van der Waals surface area contributed by atoms with Crippen molar-refractivity contribution in [1.29, 1.82) is 0 Å². The van der Waals surface area contributed by atoms with Crippen LogP contribution in [0, 0.1) is 0 Å². The Labute approximate surface area is 119 Å². The molecule has 0 N–H and O–H groups in total. The number of hydrogen-bond donors (Lipinski definition) is 0. The Hall–Kier alpha value is -1.46. The number of ether oxygens (including phenoxy) is 1. The lowest BCUT2D eigenvalue weighted by molar-refractivity contribution is 0.00578. The maximum absolute atomic E-state index is 6.11. The van der Waals surface area contributed by atoms with Crippen LogP contribution in [0.2, 0.25) is 0 Å². The van der Waals surface area contributed by atoms with Gasteiger partial charge in [-0.05, 0) is 45.9 Å². The molecule has 0 saturated carbocycles. The first-order valence-corrected chi connectivity index (χ1v) is 6.75. The van der Waals surface area contributed by atoms with Crippen molar-refractivity contribution < 1.29 is 18.5 Å². The Morgan fingerprint density at radius 3 is 2.25 bits per heavy atom. The quantitative estimate of drug-likeness (QED) is 0.789. The molecule has 1 fully saturated rings. The molecule has 0 amide bonds. The van der Waals surface area contributed by atoms with Gasteiger partial charge in [0.25, 0.3) is 0 Å². The van der Waals surface area contributed by atoms with E-state index in [-0.39, 0.29) is 0 Å². The fourth-order valence-corrected chi connectivity index (χ4v) is 2.40. The van der Waals surface area contributed by atoms with Gasteiger partial charge >= 0.3 is 7.12 Å². The molecule has 0 bridgehead atoms. The highest BCUT2D eigenvalue weighted by Gasteiger charge is 2.53. The largest absolute Gasteiger partial charge is 0.502 e. The van der Waals surface area contributed by atoms with Gasteiger partial charge in [-0.2, -0.15) is 0 Å². The summed E-state index contributed by atoms with van der Waals surface area (Å²) in [5, 5.41) is 1.01. The molecule has 0 aliphatic carbocycles. The molecule has 20 heavy (non-hydrogen) atoms. The summed E-state index contributed by atoms with van der Waals surface area (Å²) in [6.07, 6.45) is 1.67. The van der Waals surface area contributed by atoms with E-state index >= 15 is 0 Å². The Balaban J connectivity index is 2.13. The van der Waals surface area contributed by atoms with Crippen LogP contribution in [-0.2, 0) is 9.31 Å². The van der Waals surface area contributed by atoms with E-state index in [2.05, 4.69) is 0 Å². The van der Waals surface area contributed by atoms with Crippen molar-refractivity contribution in [3.63, 3.8) is 0 Å². The van der Waals surface area contributed by atoms with Gasteiger partial charge in [0.2, 0.25) is 0 Å². The summed E-state index contributed by atoms with van der Waals surface area (Å²) in [7, 11) is 1.14. The average Bonchev–Trinajstić information content (AvgIpc) is 2.90. The van der Waals surface area contributed by atoms with E-state index in [4.69, 9.17) is 18.5 Å². The zero-order valence-electron chi connectivity index (χ0n) is 12.5. The first-order chi connectivity index (χ1) is 9.36. The third-order valence-corrected chi connectivity index (χ3v) is 4.33. The van der Waals surface area contributed by atoms with Crippen molar-refractivity contribution in [3.8, 4) is 5.75 Å². The number of rotatable bonds is 2. The SMILES string of the molecule is COc1ccc2ccoc2c1B1OC(C)(C)C(C)(C)O1. The standard InChI is InChI=1S/C15H19BO4/c1-14(2)15(3,4)20-16(19-14)12-11(17-5)7-6-10-8-9-18-13(10)12/h6-9H,1-5H3. The average molecular weight is 274 g/mol. The van der Waals surface area contributed by atoms with E-state index < -0.39 is 18.3 Å². The normalized spacial score (nSPS) is 20.6. The zero-order chi connectivity index (χ0) is 14.5. The Bertz CT molecular complexity index is 628. The molecule has 2 heterocycles. The summed E-state index contributed by atoms with van der Waals surface area (Å²) in [6.45, 7) is 8.12. The molecule has 0 radical (unpaired) electrons. The molecule has 0 spiro atoms. The molecule has 3 rings (SSSR count). The summed E-state index contributed by atoms with van der Waals surface area (Å²) in [4.78, 5) is 0. The monoisotopic (exact) mass is 274 g/mol. The minimum atomic E-state index is -0.496. The van der Waals surface area contributed by atoms with Gasteiger partial charge in [-0.1, -0.05) is 0 Å². The van der Waals surface area contributed by atoms with Gasteiger partial charge in [0.15, 0.2) is 0 Å². The van der Waals surface area contributed by atoms with Crippen molar-refractivity contribution >= 4 is 23.6 Å². The first kappa shape index (κ1) is 13.5. The van der Waals surface area contributed by atoms with Crippen LogP contribution in [0.25, 0.3) is 11.0 Å². The molecule has 1 aliphatic rings. The Kier molecular flexibility index (Phi) is 2.89. The fourth-order valence-electron chi connectivity index (χ4n) is 2.40. The predicted octanol–water partition coefficient (Wildman–Crippen LogP) is 2.74. The zero-order valence-corrected chi connectivity index (χ0v) is 12.5. The van der Waals surface area contributed by atoms with Crippen LogP contribution < -0.4 is 10.2 Å². The lowest BCUT2D eigenvalue weighted by Gasteiger charge is -2.32. The van der Waals surface area contributed by atoms with Crippen LogP contribution in [0.5, 0.6) is 5.75 Å². The van der Waals surface area contributed by atoms with E-state index in [1.807, 2.05) is 45.9 Å². The number of methoxy groups -OCH3 is 1. The van der Waals surface area contributed by atoms with E-state index in [0.29, 0.717) is 5.75 Å². The van der Waals surface area contributed by atoms with Crippen molar-refractivity contribution in [3.05, 3.63) is 24.5 Å². The van der Waals surface area contributed by atoms with Gasteiger partial charge in [0.1, 0.15) is 11.3 Å². The van der Waals surface area contributed by atoms with Crippen molar-refractivity contribution in [1.82, 2.24) is 0 Å². The maximum atomic E-state index is 6.11. The van der Waals surface area contributed by atoms with E-state index in [1.165, 1.54) is 0 Å². The third kappa shape index (κ3) is 1.85. The second-order valence-electron chi connectivity index (χ2n) is 6.11. The molecule has 1 aromatic carbocycles. The van der Waals surface area contributed by atoms with Crippen LogP contribution in [0.1, 0.15) is 27.7 Å². The fraction of sp³-hybridized carbons (Fsp3) is 0.467. The van der Waals surface area contributed by atoms with Gasteiger partial charge in [0, 0.05) is 5.39 Å². The van der Waals surface area contributed by atoms with Crippen LogP contribution in [0.15, 0.2) is 28.9 Å². The third-order valence-electron chi connectivity index (χ3n) is 4.33. The molecule has 1 saturated heterocycles. The van der Waals surface area contributed by atoms with Gasteiger partial charge in [-0.3, -0.25) is 0 Å². The van der Waals surface area contributed by atoms with Crippen molar-refractivity contribution in [2.75, 3.05) is 7.11 Å². The second kappa shape index (κ2) is 4.27. The minimum Gasteiger partial charge on any atom is -0.497 e. The van der Waals surface area contributed by atoms with E-state index in [9.17, 15) is 0 Å². The highest BCUT2D eigenvalue weighted by Crippen LogP contribution is 2.38. The summed E-state index contributed by atoms with van der Waals surface area (Å²) < 4.78 is 23.3. The highest BCUT2D eigenvalue weighted by atomic mass is 16.7.